The van der Waals surface area contributed by atoms with Crippen molar-refractivity contribution in [3.05, 3.63) is 126 Å². The second kappa shape index (κ2) is 9.36. The van der Waals surface area contributed by atoms with Gasteiger partial charge in [0.25, 0.3) is 0 Å². The number of para-hydroxylation sites is 2. The van der Waals surface area contributed by atoms with Gasteiger partial charge in [0.05, 0.1) is 4.47 Å². The molecule has 0 atom stereocenters. The van der Waals surface area contributed by atoms with Crippen LogP contribution in [0.25, 0.3) is 67.2 Å². The number of benzene rings is 5. The lowest BCUT2D eigenvalue weighted by molar-refractivity contribution is 0.668. The van der Waals surface area contributed by atoms with Crippen LogP contribution in [-0.4, -0.2) is 15.0 Å². The minimum Gasteiger partial charge on any atom is -0.454 e. The molecule has 0 aliphatic rings. The highest BCUT2D eigenvalue weighted by Gasteiger charge is 2.16. The van der Waals surface area contributed by atoms with Crippen molar-refractivity contribution in [2.45, 2.75) is 0 Å². The molecule has 0 bridgehead atoms. The average molecular weight is 554 g/mol. The van der Waals surface area contributed by atoms with E-state index in [0.717, 1.165) is 54.2 Å². The SMILES string of the molecule is Brc1cccc2c1oc1c(-c3cccc(-c4nc(-c5ccccc5)nc(-c5ccccc5)n4)c3)cccc12. The van der Waals surface area contributed by atoms with Gasteiger partial charge >= 0.3 is 0 Å². The zero-order valence-corrected chi connectivity index (χ0v) is 21.8. The predicted molar refractivity (Wildman–Crippen MR) is 157 cm³/mol. The monoisotopic (exact) mass is 553 g/mol. The summed E-state index contributed by atoms with van der Waals surface area (Å²) >= 11 is 3.63. The van der Waals surface area contributed by atoms with Crippen molar-refractivity contribution in [1.29, 1.82) is 0 Å². The Balaban J connectivity index is 1.40. The summed E-state index contributed by atoms with van der Waals surface area (Å²) < 4.78 is 7.32. The van der Waals surface area contributed by atoms with Crippen LogP contribution in [0.1, 0.15) is 0 Å². The van der Waals surface area contributed by atoms with Crippen LogP contribution in [0.3, 0.4) is 0 Å². The van der Waals surface area contributed by atoms with Gasteiger partial charge in [-0.25, -0.2) is 15.0 Å². The van der Waals surface area contributed by atoms with Gasteiger partial charge in [-0.3, -0.25) is 0 Å². The minimum atomic E-state index is 0.624. The summed E-state index contributed by atoms with van der Waals surface area (Å²) in [5.74, 6) is 1.91. The Labute approximate surface area is 227 Å². The molecular weight excluding hydrogens is 534 g/mol. The van der Waals surface area contributed by atoms with E-state index in [1.54, 1.807) is 0 Å². The standard InChI is InChI=1S/C33H20BrN3O/c34-28-19-9-18-27-26-17-8-16-25(29(26)38-30(27)28)23-14-7-15-24(20-23)33-36-31(21-10-3-1-4-11-21)35-32(37-33)22-12-5-2-6-13-22/h1-20H. The number of hydrogen-bond donors (Lipinski definition) is 0. The van der Waals surface area contributed by atoms with E-state index in [1.807, 2.05) is 84.9 Å². The summed E-state index contributed by atoms with van der Waals surface area (Å²) in [5.41, 5.74) is 6.57. The minimum absolute atomic E-state index is 0.624. The van der Waals surface area contributed by atoms with Crippen LogP contribution in [0.5, 0.6) is 0 Å². The summed E-state index contributed by atoms with van der Waals surface area (Å²) in [7, 11) is 0. The third-order valence-electron chi connectivity index (χ3n) is 6.61. The van der Waals surface area contributed by atoms with Crippen LogP contribution in [-0.2, 0) is 0 Å². The van der Waals surface area contributed by atoms with Crippen molar-refractivity contribution >= 4 is 37.9 Å². The Hall–Kier alpha value is -4.61. The summed E-state index contributed by atoms with van der Waals surface area (Å²) in [6.07, 6.45) is 0. The van der Waals surface area contributed by atoms with Crippen LogP contribution in [0.4, 0.5) is 0 Å². The van der Waals surface area contributed by atoms with Crippen LogP contribution in [0.2, 0.25) is 0 Å². The van der Waals surface area contributed by atoms with Gasteiger partial charge in [0.15, 0.2) is 17.5 Å². The highest BCUT2D eigenvalue weighted by Crippen LogP contribution is 2.39. The van der Waals surface area contributed by atoms with E-state index in [1.165, 1.54) is 0 Å². The number of nitrogens with zero attached hydrogens (tertiary/aromatic N) is 3. The van der Waals surface area contributed by atoms with Gasteiger partial charge in [-0.15, -0.1) is 0 Å². The van der Waals surface area contributed by atoms with Crippen molar-refractivity contribution < 1.29 is 4.42 Å². The summed E-state index contributed by atoms with van der Waals surface area (Å²) in [6.45, 7) is 0. The Morgan fingerprint density at radius 3 is 1.61 bits per heavy atom. The fourth-order valence-electron chi connectivity index (χ4n) is 4.78. The molecule has 5 aromatic carbocycles. The molecular formula is C33H20BrN3O. The van der Waals surface area contributed by atoms with E-state index in [-0.39, 0.29) is 0 Å². The molecule has 2 aromatic heterocycles. The van der Waals surface area contributed by atoms with E-state index >= 15 is 0 Å². The maximum Gasteiger partial charge on any atom is 0.164 e. The Bertz CT molecular complexity index is 1870. The van der Waals surface area contributed by atoms with E-state index in [2.05, 4.69) is 52.3 Å². The Morgan fingerprint density at radius 1 is 0.447 bits per heavy atom. The highest BCUT2D eigenvalue weighted by molar-refractivity contribution is 9.10. The molecule has 7 rings (SSSR count). The molecule has 4 nitrogen and oxygen atoms in total. The van der Waals surface area contributed by atoms with Gasteiger partial charge in [-0.2, -0.15) is 0 Å². The smallest absolute Gasteiger partial charge is 0.164 e. The van der Waals surface area contributed by atoms with E-state index in [9.17, 15) is 0 Å². The van der Waals surface area contributed by atoms with Crippen molar-refractivity contribution in [2.24, 2.45) is 0 Å². The topological polar surface area (TPSA) is 51.8 Å². The molecule has 180 valence electrons. The van der Waals surface area contributed by atoms with Crippen molar-refractivity contribution in [3.63, 3.8) is 0 Å². The zero-order chi connectivity index (χ0) is 25.5. The predicted octanol–water partition coefficient (Wildman–Crippen LogP) is 9.20. The molecule has 0 fully saturated rings. The Morgan fingerprint density at radius 2 is 0.947 bits per heavy atom. The summed E-state index contributed by atoms with van der Waals surface area (Å²) in [6, 6.07) is 40.7. The van der Waals surface area contributed by atoms with Crippen LogP contribution < -0.4 is 0 Å². The number of halogens is 1. The third kappa shape index (κ3) is 3.98. The number of hydrogen-bond acceptors (Lipinski definition) is 4. The van der Waals surface area contributed by atoms with E-state index < -0.39 is 0 Å². The third-order valence-corrected chi connectivity index (χ3v) is 7.23. The molecule has 0 aliphatic heterocycles. The molecule has 2 heterocycles. The first-order valence-corrected chi connectivity index (χ1v) is 13.1. The highest BCUT2D eigenvalue weighted by atomic mass is 79.9. The second-order valence-corrected chi connectivity index (χ2v) is 9.87. The Kier molecular flexibility index (Phi) is 5.56. The van der Waals surface area contributed by atoms with Gasteiger partial charge in [0, 0.05) is 33.0 Å². The largest absolute Gasteiger partial charge is 0.454 e. The number of fused-ring (bicyclic) bond motifs is 3. The molecule has 0 N–H and O–H groups in total. The summed E-state index contributed by atoms with van der Waals surface area (Å²) in [4.78, 5) is 14.6. The first-order chi connectivity index (χ1) is 18.7. The molecule has 0 saturated carbocycles. The first kappa shape index (κ1) is 22.6. The number of aromatic nitrogens is 3. The van der Waals surface area contributed by atoms with Crippen LogP contribution in [0.15, 0.2) is 130 Å². The van der Waals surface area contributed by atoms with Gasteiger partial charge in [0.1, 0.15) is 11.2 Å². The molecule has 5 heteroatoms. The lowest BCUT2D eigenvalue weighted by Gasteiger charge is -2.10. The maximum atomic E-state index is 6.38. The lowest BCUT2D eigenvalue weighted by atomic mass is 10.00. The molecule has 7 aromatic rings. The van der Waals surface area contributed by atoms with Crippen molar-refractivity contribution in [1.82, 2.24) is 15.0 Å². The molecule has 38 heavy (non-hydrogen) atoms. The van der Waals surface area contributed by atoms with Crippen molar-refractivity contribution in [3.8, 4) is 45.3 Å². The number of rotatable bonds is 4. The molecule has 0 amide bonds. The molecule has 0 radical (unpaired) electrons. The second-order valence-electron chi connectivity index (χ2n) is 9.02. The lowest BCUT2D eigenvalue weighted by Crippen LogP contribution is -2.00. The quantitative estimate of drug-likeness (QED) is 0.218. The number of furan rings is 1. The molecule has 0 spiro atoms. The van der Waals surface area contributed by atoms with Crippen LogP contribution >= 0.6 is 15.9 Å². The van der Waals surface area contributed by atoms with Crippen molar-refractivity contribution in [2.75, 3.05) is 0 Å². The first-order valence-electron chi connectivity index (χ1n) is 12.3. The maximum absolute atomic E-state index is 6.38. The average Bonchev–Trinajstić information content (AvgIpc) is 3.38. The van der Waals surface area contributed by atoms with Gasteiger partial charge < -0.3 is 4.42 Å². The molecule has 0 aliphatic carbocycles. The van der Waals surface area contributed by atoms with E-state index in [0.29, 0.717) is 17.5 Å². The van der Waals surface area contributed by atoms with Gasteiger partial charge in [-0.05, 0) is 33.6 Å². The van der Waals surface area contributed by atoms with Gasteiger partial charge in [0.2, 0.25) is 0 Å². The fourth-order valence-corrected chi connectivity index (χ4v) is 5.22. The zero-order valence-electron chi connectivity index (χ0n) is 20.2. The van der Waals surface area contributed by atoms with Crippen LogP contribution in [0, 0.1) is 0 Å². The molecule has 0 unspecified atom stereocenters. The summed E-state index contributed by atoms with van der Waals surface area (Å²) in [5, 5.41) is 2.17. The van der Waals surface area contributed by atoms with Gasteiger partial charge in [-0.1, -0.05) is 109 Å². The van der Waals surface area contributed by atoms with E-state index in [4.69, 9.17) is 19.4 Å². The normalized spacial score (nSPS) is 11.3. The molecule has 0 saturated heterocycles. The fraction of sp³-hybridized carbons (Fsp3) is 0.